The predicted octanol–water partition coefficient (Wildman–Crippen LogP) is 1.76. The fourth-order valence-corrected chi connectivity index (χ4v) is 6.76. The van der Waals surface area contributed by atoms with Crippen molar-refractivity contribution in [2.24, 2.45) is 0 Å². The zero-order valence-corrected chi connectivity index (χ0v) is 20.3. The maximum atomic E-state index is 14.1. The Morgan fingerprint density at radius 2 is 1.47 bits per heavy atom. The maximum Gasteiger partial charge on any atom is 0.249 e. The highest BCUT2D eigenvalue weighted by atomic mass is 32.2. The Morgan fingerprint density at radius 1 is 0.882 bits per heavy atom. The van der Waals surface area contributed by atoms with Gasteiger partial charge >= 0.3 is 0 Å². The smallest absolute Gasteiger partial charge is 0.249 e. The monoisotopic (exact) mass is 512 g/mol. The van der Waals surface area contributed by atoms with E-state index in [1.807, 2.05) is 22.4 Å². The predicted molar refractivity (Wildman–Crippen MR) is 123 cm³/mol. The van der Waals surface area contributed by atoms with Crippen LogP contribution in [-0.4, -0.2) is 91.6 Å². The molecule has 1 unspecified atom stereocenters. The molecule has 2 saturated heterocycles. The first-order valence-corrected chi connectivity index (χ1v) is 13.3. The normalized spacial score (nSPS) is 19.3. The van der Waals surface area contributed by atoms with Crippen molar-refractivity contribution >= 4 is 33.2 Å². The second-order valence-electron chi connectivity index (χ2n) is 8.24. The van der Waals surface area contributed by atoms with Crippen LogP contribution in [0.1, 0.15) is 17.8 Å². The van der Waals surface area contributed by atoms with Crippen LogP contribution >= 0.6 is 11.3 Å². The number of benzene rings is 1. The van der Waals surface area contributed by atoms with Gasteiger partial charge in [-0.1, -0.05) is 12.1 Å². The molecule has 184 valence electrons. The summed E-state index contributed by atoms with van der Waals surface area (Å²) in [7, 11) is -4.37. The molecule has 0 bridgehead atoms. The lowest BCUT2D eigenvalue weighted by Gasteiger charge is -2.41. The lowest BCUT2D eigenvalue weighted by atomic mass is 10.1. The Bertz CT molecular complexity index is 1120. The van der Waals surface area contributed by atoms with Gasteiger partial charge in [-0.2, -0.15) is 4.31 Å². The van der Waals surface area contributed by atoms with Gasteiger partial charge in [-0.3, -0.25) is 14.5 Å². The van der Waals surface area contributed by atoms with Crippen LogP contribution in [0.3, 0.4) is 0 Å². The number of piperazine rings is 2. The van der Waals surface area contributed by atoms with E-state index in [1.165, 1.54) is 18.3 Å². The molecule has 34 heavy (non-hydrogen) atoms. The summed E-state index contributed by atoms with van der Waals surface area (Å²) in [6.45, 7) is 3.80. The SMILES string of the molecule is CC(=O)N1CCN(C(C(=O)N2CCN(S(=O)(=O)c3c(F)cccc3F)CC2)c2cccs2)CC1. The van der Waals surface area contributed by atoms with E-state index in [0.29, 0.717) is 26.2 Å². The molecule has 2 aromatic rings. The van der Waals surface area contributed by atoms with Crippen molar-refractivity contribution in [1.82, 2.24) is 19.0 Å². The minimum absolute atomic E-state index is 0.00210. The molecule has 3 heterocycles. The first-order valence-electron chi connectivity index (χ1n) is 11.0. The minimum Gasteiger partial charge on any atom is -0.340 e. The Hall–Kier alpha value is -2.41. The summed E-state index contributed by atoms with van der Waals surface area (Å²) in [6, 6.07) is 6.18. The molecule has 2 aliphatic heterocycles. The van der Waals surface area contributed by atoms with E-state index in [2.05, 4.69) is 0 Å². The molecule has 2 fully saturated rings. The summed E-state index contributed by atoms with van der Waals surface area (Å²) in [5, 5.41) is 1.90. The zero-order valence-electron chi connectivity index (χ0n) is 18.7. The van der Waals surface area contributed by atoms with Crippen LogP contribution in [0.2, 0.25) is 0 Å². The number of carbonyl (C=O) groups is 2. The number of rotatable bonds is 5. The summed E-state index contributed by atoms with van der Waals surface area (Å²) >= 11 is 1.47. The molecule has 8 nitrogen and oxygen atoms in total. The summed E-state index contributed by atoms with van der Waals surface area (Å²) < 4.78 is 55.0. The van der Waals surface area contributed by atoms with Gasteiger partial charge in [-0.25, -0.2) is 17.2 Å². The topological polar surface area (TPSA) is 81.2 Å². The van der Waals surface area contributed by atoms with E-state index >= 15 is 0 Å². The highest BCUT2D eigenvalue weighted by Crippen LogP contribution is 2.30. The van der Waals surface area contributed by atoms with Crippen LogP contribution in [0, 0.1) is 11.6 Å². The fraction of sp³-hybridized carbons (Fsp3) is 0.455. The molecule has 2 aliphatic rings. The highest BCUT2D eigenvalue weighted by molar-refractivity contribution is 7.89. The largest absolute Gasteiger partial charge is 0.340 e. The lowest BCUT2D eigenvalue weighted by Crippen LogP contribution is -2.56. The van der Waals surface area contributed by atoms with Crippen molar-refractivity contribution in [3.63, 3.8) is 0 Å². The first kappa shape index (κ1) is 24.7. The standard InChI is InChI=1S/C22H26F2N4O4S2/c1-16(29)25-7-9-26(10-8-25)20(19-6-3-15-33-19)22(30)27-11-13-28(14-12-27)34(31,32)21-17(23)4-2-5-18(21)24/h2-6,15,20H,7-14H2,1H3. The third kappa shape index (κ3) is 4.85. The van der Waals surface area contributed by atoms with Crippen LogP contribution in [-0.2, 0) is 19.6 Å². The van der Waals surface area contributed by atoms with Crippen molar-refractivity contribution in [1.29, 1.82) is 0 Å². The number of amides is 2. The average Bonchev–Trinajstić information content (AvgIpc) is 3.34. The second-order valence-corrected chi connectivity index (χ2v) is 11.1. The molecule has 1 aromatic carbocycles. The van der Waals surface area contributed by atoms with E-state index in [1.54, 1.807) is 9.80 Å². The summed E-state index contributed by atoms with van der Waals surface area (Å²) in [5.41, 5.74) is 0. The van der Waals surface area contributed by atoms with Gasteiger partial charge in [-0.05, 0) is 23.6 Å². The number of carbonyl (C=O) groups excluding carboxylic acids is 2. The molecular formula is C22H26F2N4O4S2. The lowest BCUT2D eigenvalue weighted by molar-refractivity contribution is -0.140. The summed E-state index contributed by atoms with van der Waals surface area (Å²) in [5.74, 6) is -2.42. The third-order valence-electron chi connectivity index (χ3n) is 6.24. The van der Waals surface area contributed by atoms with Crippen LogP contribution in [0.5, 0.6) is 0 Å². The van der Waals surface area contributed by atoms with Gasteiger partial charge in [0, 0.05) is 64.2 Å². The minimum atomic E-state index is -4.37. The second kappa shape index (κ2) is 10.1. The summed E-state index contributed by atoms with van der Waals surface area (Å²) in [6.07, 6.45) is 0. The highest BCUT2D eigenvalue weighted by Gasteiger charge is 2.38. The molecule has 0 N–H and O–H groups in total. The number of hydrogen-bond acceptors (Lipinski definition) is 6. The van der Waals surface area contributed by atoms with Crippen LogP contribution in [0.25, 0.3) is 0 Å². The molecule has 2 amide bonds. The van der Waals surface area contributed by atoms with Crippen molar-refractivity contribution in [3.05, 3.63) is 52.2 Å². The van der Waals surface area contributed by atoms with Crippen molar-refractivity contribution in [2.75, 3.05) is 52.4 Å². The third-order valence-corrected chi connectivity index (χ3v) is 9.11. The van der Waals surface area contributed by atoms with Crippen molar-refractivity contribution in [2.45, 2.75) is 17.9 Å². The van der Waals surface area contributed by atoms with Gasteiger partial charge < -0.3 is 9.80 Å². The Morgan fingerprint density at radius 3 is 2.00 bits per heavy atom. The van der Waals surface area contributed by atoms with Gasteiger partial charge in [-0.15, -0.1) is 11.3 Å². The molecule has 0 aliphatic carbocycles. The van der Waals surface area contributed by atoms with Crippen LogP contribution in [0.4, 0.5) is 8.78 Å². The number of sulfonamides is 1. The zero-order chi connectivity index (χ0) is 24.5. The van der Waals surface area contributed by atoms with E-state index < -0.39 is 32.6 Å². The Balaban J connectivity index is 1.47. The van der Waals surface area contributed by atoms with Crippen molar-refractivity contribution in [3.8, 4) is 0 Å². The van der Waals surface area contributed by atoms with E-state index in [-0.39, 0.29) is 38.0 Å². The number of thiophene rings is 1. The Kier molecular flexibility index (Phi) is 7.31. The number of hydrogen-bond donors (Lipinski definition) is 0. The maximum absolute atomic E-state index is 14.1. The Labute approximate surface area is 201 Å². The molecule has 4 rings (SSSR count). The molecule has 0 saturated carbocycles. The molecule has 1 aromatic heterocycles. The fourth-order valence-electron chi connectivity index (χ4n) is 4.38. The van der Waals surface area contributed by atoms with Gasteiger partial charge in [0.15, 0.2) is 4.90 Å². The average molecular weight is 513 g/mol. The quantitative estimate of drug-likeness (QED) is 0.610. The van der Waals surface area contributed by atoms with Crippen molar-refractivity contribution < 1.29 is 26.8 Å². The van der Waals surface area contributed by atoms with E-state index in [4.69, 9.17) is 0 Å². The molecule has 0 radical (unpaired) electrons. The van der Waals surface area contributed by atoms with Gasteiger partial charge in [0.25, 0.3) is 0 Å². The van der Waals surface area contributed by atoms with Crippen LogP contribution < -0.4 is 0 Å². The number of nitrogens with zero attached hydrogens (tertiary/aromatic N) is 4. The summed E-state index contributed by atoms with van der Waals surface area (Å²) in [4.78, 5) is 30.6. The van der Waals surface area contributed by atoms with E-state index in [9.17, 15) is 26.8 Å². The molecule has 12 heteroatoms. The van der Waals surface area contributed by atoms with E-state index in [0.717, 1.165) is 27.4 Å². The number of halogens is 2. The first-order chi connectivity index (χ1) is 16.2. The van der Waals surface area contributed by atoms with Gasteiger partial charge in [0.2, 0.25) is 21.8 Å². The molecular weight excluding hydrogens is 486 g/mol. The molecule has 1 atom stereocenters. The van der Waals surface area contributed by atoms with Gasteiger partial charge in [0.1, 0.15) is 17.7 Å². The molecule has 0 spiro atoms. The van der Waals surface area contributed by atoms with Gasteiger partial charge in [0.05, 0.1) is 0 Å². The van der Waals surface area contributed by atoms with Crippen LogP contribution in [0.15, 0.2) is 40.6 Å².